The Bertz CT molecular complexity index is 933. The molecule has 24 heavy (non-hydrogen) atoms. The van der Waals surface area contributed by atoms with Crippen molar-refractivity contribution in [1.82, 2.24) is 4.98 Å². The fraction of sp³-hybridized carbons (Fsp3) is 0.118. The van der Waals surface area contributed by atoms with Crippen molar-refractivity contribution in [2.75, 3.05) is 11.8 Å². The summed E-state index contributed by atoms with van der Waals surface area (Å²) in [5, 5.41) is 0. The van der Waals surface area contributed by atoms with Crippen molar-refractivity contribution in [1.29, 1.82) is 0 Å². The van der Waals surface area contributed by atoms with Crippen LogP contribution in [0.5, 0.6) is 5.75 Å². The molecule has 2 aromatic carbocycles. The third-order valence-electron chi connectivity index (χ3n) is 3.48. The molecule has 0 spiro atoms. The first-order valence-electron chi connectivity index (χ1n) is 7.16. The largest absolute Gasteiger partial charge is 0.496 e. The lowest BCUT2D eigenvalue weighted by molar-refractivity contribution is 0.415. The van der Waals surface area contributed by atoms with E-state index in [-0.39, 0.29) is 4.90 Å². The number of ether oxygens (including phenoxy) is 1. The molecule has 1 heterocycles. The van der Waals surface area contributed by atoms with Gasteiger partial charge in [-0.3, -0.25) is 4.72 Å². The van der Waals surface area contributed by atoms with Crippen molar-refractivity contribution in [2.45, 2.75) is 11.8 Å². The first-order chi connectivity index (χ1) is 11.5. The predicted molar refractivity (Wildman–Crippen MR) is 90.5 cm³/mol. The molecule has 3 rings (SSSR count). The van der Waals surface area contributed by atoms with Gasteiger partial charge in [0.15, 0.2) is 12.2 Å². The second-order valence-corrected chi connectivity index (χ2v) is 6.88. The Hall–Kier alpha value is -2.80. The first-order valence-corrected chi connectivity index (χ1v) is 8.64. The highest BCUT2D eigenvalue weighted by molar-refractivity contribution is 7.92. The van der Waals surface area contributed by atoms with E-state index in [9.17, 15) is 8.42 Å². The van der Waals surface area contributed by atoms with Gasteiger partial charge in [0.1, 0.15) is 5.75 Å². The minimum Gasteiger partial charge on any atom is -0.496 e. The standard InChI is InChI=1S/C17H16N2O4S/c1-12-3-6-14(7-4-12)24(20,21)19-13-5-8-15(16(9-13)22-2)17-10-18-11-23-17/h3-11,19H,1-2H3. The van der Waals surface area contributed by atoms with E-state index in [1.54, 1.807) is 48.7 Å². The molecule has 7 heteroatoms. The lowest BCUT2D eigenvalue weighted by atomic mass is 10.1. The van der Waals surface area contributed by atoms with Gasteiger partial charge in [-0.2, -0.15) is 0 Å². The van der Waals surface area contributed by atoms with Crippen molar-refractivity contribution in [2.24, 2.45) is 0 Å². The number of oxazole rings is 1. The van der Waals surface area contributed by atoms with Crippen LogP contribution < -0.4 is 9.46 Å². The Morgan fingerprint density at radius 2 is 1.88 bits per heavy atom. The Morgan fingerprint density at radius 3 is 2.50 bits per heavy atom. The Balaban J connectivity index is 1.91. The summed E-state index contributed by atoms with van der Waals surface area (Å²) >= 11 is 0. The van der Waals surface area contributed by atoms with E-state index in [4.69, 9.17) is 9.15 Å². The zero-order valence-electron chi connectivity index (χ0n) is 13.2. The second-order valence-electron chi connectivity index (χ2n) is 5.20. The molecule has 1 N–H and O–H groups in total. The number of nitrogens with zero attached hydrogens (tertiary/aromatic N) is 1. The van der Waals surface area contributed by atoms with Crippen LogP contribution in [0.4, 0.5) is 5.69 Å². The highest BCUT2D eigenvalue weighted by atomic mass is 32.2. The summed E-state index contributed by atoms with van der Waals surface area (Å²) in [7, 11) is -2.16. The van der Waals surface area contributed by atoms with Gasteiger partial charge in [0, 0.05) is 6.07 Å². The molecule has 0 unspecified atom stereocenters. The van der Waals surface area contributed by atoms with Gasteiger partial charge in [-0.25, -0.2) is 13.4 Å². The zero-order valence-corrected chi connectivity index (χ0v) is 14.0. The molecular weight excluding hydrogens is 328 g/mol. The number of benzene rings is 2. The molecule has 0 saturated heterocycles. The molecule has 124 valence electrons. The minimum absolute atomic E-state index is 0.200. The topological polar surface area (TPSA) is 81.4 Å². The summed E-state index contributed by atoms with van der Waals surface area (Å²) in [4.78, 5) is 4.07. The number of nitrogens with one attached hydrogen (secondary N) is 1. The molecular formula is C17H16N2O4S. The van der Waals surface area contributed by atoms with Crippen LogP contribution in [0.1, 0.15) is 5.56 Å². The number of sulfonamides is 1. The maximum atomic E-state index is 12.4. The minimum atomic E-state index is -3.66. The van der Waals surface area contributed by atoms with Gasteiger partial charge in [-0.15, -0.1) is 0 Å². The lowest BCUT2D eigenvalue weighted by Crippen LogP contribution is -2.13. The number of hydrogen-bond donors (Lipinski definition) is 1. The predicted octanol–water partition coefficient (Wildman–Crippen LogP) is 3.46. The Labute approximate surface area is 140 Å². The zero-order chi connectivity index (χ0) is 17.2. The summed E-state index contributed by atoms with van der Waals surface area (Å²) in [5.41, 5.74) is 2.08. The van der Waals surface area contributed by atoms with E-state index < -0.39 is 10.0 Å². The van der Waals surface area contributed by atoms with E-state index in [0.717, 1.165) is 5.56 Å². The maximum absolute atomic E-state index is 12.4. The summed E-state index contributed by atoms with van der Waals surface area (Å²) in [6.07, 6.45) is 2.89. The molecule has 6 nitrogen and oxygen atoms in total. The Morgan fingerprint density at radius 1 is 1.12 bits per heavy atom. The summed E-state index contributed by atoms with van der Waals surface area (Å²) in [6.45, 7) is 1.90. The average molecular weight is 344 g/mol. The van der Waals surface area contributed by atoms with Gasteiger partial charge in [0.25, 0.3) is 10.0 Å². The lowest BCUT2D eigenvalue weighted by Gasteiger charge is -2.11. The first kappa shape index (κ1) is 16.1. The van der Waals surface area contributed by atoms with Crippen molar-refractivity contribution < 1.29 is 17.6 Å². The quantitative estimate of drug-likeness (QED) is 0.766. The van der Waals surface area contributed by atoms with E-state index in [1.807, 2.05) is 6.92 Å². The highest BCUT2D eigenvalue weighted by Gasteiger charge is 2.16. The summed E-state index contributed by atoms with van der Waals surface area (Å²) in [6, 6.07) is 11.6. The van der Waals surface area contributed by atoms with Gasteiger partial charge in [-0.1, -0.05) is 17.7 Å². The monoisotopic (exact) mass is 344 g/mol. The molecule has 0 atom stereocenters. The van der Waals surface area contributed by atoms with E-state index in [0.29, 0.717) is 22.8 Å². The molecule has 0 amide bonds. The van der Waals surface area contributed by atoms with Crippen molar-refractivity contribution in [3.63, 3.8) is 0 Å². The van der Waals surface area contributed by atoms with Crippen molar-refractivity contribution in [3.8, 4) is 17.1 Å². The molecule has 0 aliphatic rings. The number of hydrogen-bond acceptors (Lipinski definition) is 5. The molecule has 0 aliphatic carbocycles. The maximum Gasteiger partial charge on any atom is 0.261 e. The van der Waals surface area contributed by atoms with Gasteiger partial charge < -0.3 is 9.15 Å². The van der Waals surface area contributed by atoms with Crippen LogP contribution in [-0.2, 0) is 10.0 Å². The summed E-state index contributed by atoms with van der Waals surface area (Å²) in [5.74, 6) is 1.02. The fourth-order valence-corrected chi connectivity index (χ4v) is 3.29. The molecule has 1 aromatic heterocycles. The SMILES string of the molecule is COc1cc(NS(=O)(=O)c2ccc(C)cc2)ccc1-c1cnco1. The number of anilines is 1. The van der Waals surface area contributed by atoms with Crippen molar-refractivity contribution >= 4 is 15.7 Å². The molecule has 0 saturated carbocycles. The summed E-state index contributed by atoms with van der Waals surface area (Å²) < 4.78 is 38.0. The van der Waals surface area contributed by atoms with Crippen LogP contribution >= 0.6 is 0 Å². The van der Waals surface area contributed by atoms with E-state index >= 15 is 0 Å². The van der Waals surface area contributed by atoms with Gasteiger partial charge in [-0.05, 0) is 31.2 Å². The average Bonchev–Trinajstić information content (AvgIpc) is 3.09. The smallest absolute Gasteiger partial charge is 0.261 e. The van der Waals surface area contributed by atoms with Crippen LogP contribution in [-0.4, -0.2) is 20.5 Å². The highest BCUT2D eigenvalue weighted by Crippen LogP contribution is 2.32. The molecule has 3 aromatic rings. The van der Waals surface area contributed by atoms with Gasteiger partial charge in [0.2, 0.25) is 0 Å². The van der Waals surface area contributed by atoms with E-state index in [2.05, 4.69) is 9.71 Å². The van der Waals surface area contributed by atoms with Crippen LogP contribution in [0.25, 0.3) is 11.3 Å². The molecule has 0 aliphatic heterocycles. The Kier molecular flexibility index (Phi) is 4.26. The fourth-order valence-electron chi connectivity index (χ4n) is 2.24. The molecule has 0 fully saturated rings. The van der Waals surface area contributed by atoms with Crippen LogP contribution in [0, 0.1) is 6.92 Å². The number of aromatic nitrogens is 1. The van der Waals surface area contributed by atoms with E-state index in [1.165, 1.54) is 13.5 Å². The van der Waals surface area contributed by atoms with Crippen LogP contribution in [0.15, 0.2) is 64.4 Å². The van der Waals surface area contributed by atoms with Gasteiger partial charge in [0.05, 0.1) is 29.5 Å². The van der Waals surface area contributed by atoms with Gasteiger partial charge >= 0.3 is 0 Å². The van der Waals surface area contributed by atoms with Crippen LogP contribution in [0.2, 0.25) is 0 Å². The van der Waals surface area contributed by atoms with Crippen molar-refractivity contribution in [3.05, 3.63) is 60.6 Å². The number of methoxy groups -OCH3 is 1. The number of aryl methyl sites for hydroxylation is 1. The normalized spacial score (nSPS) is 11.2. The van der Waals surface area contributed by atoms with Crippen LogP contribution in [0.3, 0.4) is 0 Å². The molecule has 0 radical (unpaired) electrons. The third kappa shape index (κ3) is 3.26. The number of rotatable bonds is 5. The second kappa shape index (κ2) is 6.37. The third-order valence-corrected chi connectivity index (χ3v) is 4.88. The molecule has 0 bridgehead atoms.